The van der Waals surface area contributed by atoms with Crippen molar-refractivity contribution in [3.63, 3.8) is 0 Å². The van der Waals surface area contributed by atoms with Gasteiger partial charge in [-0.3, -0.25) is 10.2 Å². The van der Waals surface area contributed by atoms with Gasteiger partial charge in [-0.2, -0.15) is 0 Å². The number of benzene rings is 1. The third-order valence-electron chi connectivity index (χ3n) is 3.30. The van der Waals surface area contributed by atoms with Gasteiger partial charge in [-0.25, -0.2) is 4.98 Å². The van der Waals surface area contributed by atoms with E-state index in [1.165, 1.54) is 23.1 Å². The average molecular weight is 421 g/mol. The third-order valence-corrected chi connectivity index (χ3v) is 5.75. The third kappa shape index (κ3) is 3.53. The van der Waals surface area contributed by atoms with Gasteiger partial charge in [0.05, 0.1) is 14.4 Å². The molecule has 7 heteroatoms. The first-order chi connectivity index (χ1) is 11.6. The second kappa shape index (κ2) is 7.46. The van der Waals surface area contributed by atoms with Gasteiger partial charge < -0.3 is 4.74 Å². The van der Waals surface area contributed by atoms with Crippen LogP contribution in [0.2, 0.25) is 0 Å². The zero-order valence-corrected chi connectivity index (χ0v) is 15.7. The average Bonchev–Trinajstić information content (AvgIpc) is 3.15. The number of nitrogens with zero attached hydrogens (tertiary/aromatic N) is 1. The van der Waals surface area contributed by atoms with Gasteiger partial charge in [0.25, 0.3) is 0 Å². The summed E-state index contributed by atoms with van der Waals surface area (Å²) in [5.74, 6) is 0.0961. The highest BCUT2D eigenvalue weighted by atomic mass is 79.9. The van der Waals surface area contributed by atoms with Gasteiger partial charge in [0.1, 0.15) is 23.3 Å². The highest BCUT2D eigenvalue weighted by Crippen LogP contribution is 2.41. The van der Waals surface area contributed by atoms with Gasteiger partial charge >= 0.3 is 0 Å². The van der Waals surface area contributed by atoms with E-state index in [1.807, 2.05) is 23.6 Å². The second-order valence-electron chi connectivity index (χ2n) is 4.93. The van der Waals surface area contributed by atoms with Gasteiger partial charge in [0, 0.05) is 11.6 Å². The summed E-state index contributed by atoms with van der Waals surface area (Å²) in [6, 6.07) is 5.61. The monoisotopic (exact) mass is 420 g/mol. The minimum absolute atomic E-state index is 0.0666. The number of thioether (sulfide) groups is 1. The molecule has 0 radical (unpaired) electrons. The van der Waals surface area contributed by atoms with Crippen molar-refractivity contribution in [3.05, 3.63) is 62.4 Å². The minimum Gasteiger partial charge on any atom is -0.488 e. The highest BCUT2D eigenvalue weighted by Gasteiger charge is 2.38. The van der Waals surface area contributed by atoms with Crippen LogP contribution in [0.1, 0.15) is 16.5 Å². The van der Waals surface area contributed by atoms with Crippen LogP contribution in [-0.2, 0) is 4.79 Å². The summed E-state index contributed by atoms with van der Waals surface area (Å²) in [5, 5.41) is 10.9. The summed E-state index contributed by atoms with van der Waals surface area (Å²) < 4.78 is 6.32. The maximum absolute atomic E-state index is 12.6. The van der Waals surface area contributed by atoms with Crippen LogP contribution in [0.3, 0.4) is 0 Å². The van der Waals surface area contributed by atoms with Gasteiger partial charge in [-0.1, -0.05) is 30.5 Å². The van der Waals surface area contributed by atoms with Crippen molar-refractivity contribution in [1.82, 2.24) is 4.98 Å². The molecule has 0 amide bonds. The van der Waals surface area contributed by atoms with Gasteiger partial charge in [-0.15, -0.1) is 11.3 Å². The fourth-order valence-electron chi connectivity index (χ4n) is 2.21. The van der Waals surface area contributed by atoms with Crippen LogP contribution >= 0.6 is 39.0 Å². The number of carbonyl (C=O) groups excluding carboxylic acids is 1. The number of ketones is 1. The molecule has 1 aliphatic rings. The number of ether oxygens (including phenoxy) is 1. The topological polar surface area (TPSA) is 63.0 Å². The number of carbonyl (C=O) groups is 1. The Morgan fingerprint density at radius 1 is 1.46 bits per heavy atom. The maximum atomic E-state index is 12.6. The molecule has 1 aromatic carbocycles. The van der Waals surface area contributed by atoms with Crippen molar-refractivity contribution in [2.75, 3.05) is 6.61 Å². The standard InChI is InChI=1S/C17H13BrN2O2S2/c1-2-6-22-12-4-3-10(8-11(12)18)9-13-15(21)14(16(19)24-13)17-20-5-7-23-17/h2-5,7-9,14,19H,1,6H2. The molecule has 0 bridgehead atoms. The first-order valence-electron chi connectivity index (χ1n) is 7.05. The zero-order chi connectivity index (χ0) is 17.1. The van der Waals surface area contributed by atoms with Crippen LogP contribution in [0.25, 0.3) is 6.08 Å². The van der Waals surface area contributed by atoms with Crippen molar-refractivity contribution >= 4 is 55.9 Å². The quantitative estimate of drug-likeness (QED) is 0.552. The molecule has 0 saturated carbocycles. The lowest BCUT2D eigenvalue weighted by molar-refractivity contribution is -0.114. The maximum Gasteiger partial charge on any atom is 0.186 e. The highest BCUT2D eigenvalue weighted by molar-refractivity contribution is 9.10. The molecule has 1 fully saturated rings. The number of allylic oxidation sites excluding steroid dienone is 1. The van der Waals surface area contributed by atoms with E-state index in [-0.39, 0.29) is 5.78 Å². The van der Waals surface area contributed by atoms with Crippen LogP contribution in [0.4, 0.5) is 0 Å². The smallest absolute Gasteiger partial charge is 0.186 e. The minimum atomic E-state index is -0.556. The Bertz CT molecular complexity index is 831. The lowest BCUT2D eigenvalue weighted by atomic mass is 10.1. The summed E-state index contributed by atoms with van der Waals surface area (Å²) in [6.07, 6.45) is 5.14. The molecule has 1 atom stereocenters. The predicted molar refractivity (Wildman–Crippen MR) is 103 cm³/mol. The number of hydrogen-bond donors (Lipinski definition) is 1. The lowest BCUT2D eigenvalue weighted by Crippen LogP contribution is -2.11. The van der Waals surface area contributed by atoms with E-state index in [4.69, 9.17) is 10.1 Å². The van der Waals surface area contributed by atoms with Crippen LogP contribution in [0.5, 0.6) is 5.75 Å². The number of halogens is 1. The van der Waals surface area contributed by atoms with Crippen LogP contribution in [0.15, 0.2) is 51.8 Å². The number of hydrogen-bond acceptors (Lipinski definition) is 6. The fourth-order valence-corrected chi connectivity index (χ4v) is 4.53. The van der Waals surface area contributed by atoms with Crippen molar-refractivity contribution in [2.24, 2.45) is 0 Å². The summed E-state index contributed by atoms with van der Waals surface area (Å²) in [6.45, 7) is 4.05. The van der Waals surface area contributed by atoms with Crippen LogP contribution in [0, 0.1) is 5.41 Å². The molecular weight excluding hydrogens is 408 g/mol. The lowest BCUT2D eigenvalue weighted by Gasteiger charge is -2.06. The molecule has 0 spiro atoms. The Morgan fingerprint density at radius 2 is 2.29 bits per heavy atom. The van der Waals surface area contributed by atoms with E-state index < -0.39 is 5.92 Å². The molecule has 1 saturated heterocycles. The van der Waals surface area contributed by atoms with E-state index in [2.05, 4.69) is 27.5 Å². The number of rotatable bonds is 5. The van der Waals surface area contributed by atoms with Crippen LogP contribution < -0.4 is 4.74 Å². The van der Waals surface area contributed by atoms with Crippen molar-refractivity contribution in [1.29, 1.82) is 5.41 Å². The number of aromatic nitrogens is 1. The zero-order valence-electron chi connectivity index (χ0n) is 12.5. The van der Waals surface area contributed by atoms with Crippen molar-refractivity contribution in [2.45, 2.75) is 5.92 Å². The molecule has 122 valence electrons. The van der Waals surface area contributed by atoms with Gasteiger partial charge in [-0.05, 0) is 39.7 Å². The summed E-state index contributed by atoms with van der Waals surface area (Å²) >= 11 is 6.07. The molecule has 1 aliphatic heterocycles. The SMILES string of the molecule is C=CCOc1ccc(C=C2SC(=N)C(c3nccs3)C2=O)cc1Br. The second-order valence-corrected chi connectivity index (χ2v) is 7.80. The van der Waals surface area contributed by atoms with Gasteiger partial charge in [0.15, 0.2) is 5.78 Å². The first-order valence-corrected chi connectivity index (χ1v) is 9.54. The summed E-state index contributed by atoms with van der Waals surface area (Å²) in [5.41, 5.74) is 0.872. The Balaban J connectivity index is 1.84. The Kier molecular flexibility index (Phi) is 5.33. The fraction of sp³-hybridized carbons (Fsp3) is 0.118. The number of Topliss-reactive ketones (excluding diaryl/α,β-unsaturated/α-hetero) is 1. The Hall–Kier alpha value is -1.70. The predicted octanol–water partition coefficient (Wildman–Crippen LogP) is 4.89. The summed E-state index contributed by atoms with van der Waals surface area (Å²) in [4.78, 5) is 17.3. The Morgan fingerprint density at radius 3 is 2.96 bits per heavy atom. The molecule has 2 aromatic rings. The molecule has 1 N–H and O–H groups in total. The molecular formula is C17H13BrN2O2S2. The first kappa shape index (κ1) is 17.1. The normalized spacial score (nSPS) is 19.0. The van der Waals surface area contributed by atoms with Gasteiger partial charge in [0.2, 0.25) is 0 Å². The van der Waals surface area contributed by atoms with Crippen molar-refractivity contribution in [3.8, 4) is 5.75 Å². The molecule has 1 unspecified atom stereocenters. The van der Waals surface area contributed by atoms with E-state index >= 15 is 0 Å². The van der Waals surface area contributed by atoms with E-state index in [1.54, 1.807) is 18.3 Å². The molecule has 24 heavy (non-hydrogen) atoms. The van der Waals surface area contributed by atoms with Crippen molar-refractivity contribution < 1.29 is 9.53 Å². The number of thiazole rings is 1. The molecule has 2 heterocycles. The molecule has 3 rings (SSSR count). The molecule has 0 aliphatic carbocycles. The van der Waals surface area contributed by atoms with E-state index in [9.17, 15) is 4.79 Å². The van der Waals surface area contributed by atoms with E-state index in [0.29, 0.717) is 21.6 Å². The molecule has 1 aromatic heterocycles. The largest absolute Gasteiger partial charge is 0.488 e. The number of nitrogens with one attached hydrogen (secondary N) is 1. The summed E-state index contributed by atoms with van der Waals surface area (Å²) in [7, 11) is 0. The van der Waals surface area contributed by atoms with E-state index in [0.717, 1.165) is 15.8 Å². The Labute approximate surface area is 156 Å². The van der Waals surface area contributed by atoms with Crippen LogP contribution in [-0.4, -0.2) is 22.4 Å². The molecule has 4 nitrogen and oxygen atoms in total.